The number of anilines is 1. The second kappa shape index (κ2) is 5.54. The van der Waals surface area contributed by atoms with Gasteiger partial charge >= 0.3 is 0 Å². The Bertz CT molecular complexity index is 425. The van der Waals surface area contributed by atoms with Crippen molar-refractivity contribution in [3.05, 3.63) is 29.8 Å². The Morgan fingerprint density at radius 3 is 2.89 bits per heavy atom. The summed E-state index contributed by atoms with van der Waals surface area (Å²) in [4.78, 5) is 2.57. The lowest BCUT2D eigenvalue weighted by Crippen LogP contribution is -2.41. The topological polar surface area (TPSA) is 15.3 Å². The van der Waals surface area contributed by atoms with Gasteiger partial charge in [-0.05, 0) is 49.7 Å². The van der Waals surface area contributed by atoms with Gasteiger partial charge in [0.2, 0.25) is 0 Å². The molecule has 1 aromatic carbocycles. The Labute approximate surface area is 117 Å². The molecule has 1 N–H and O–H groups in total. The summed E-state index contributed by atoms with van der Waals surface area (Å²) in [6, 6.07) is 9.62. The zero-order valence-electron chi connectivity index (χ0n) is 12.2. The van der Waals surface area contributed by atoms with Crippen molar-refractivity contribution in [2.45, 2.75) is 39.2 Å². The quantitative estimate of drug-likeness (QED) is 0.873. The number of hydrogen-bond donors (Lipinski definition) is 1. The van der Waals surface area contributed by atoms with Crippen molar-refractivity contribution in [2.24, 2.45) is 11.8 Å². The fourth-order valence-corrected chi connectivity index (χ4v) is 3.31. The van der Waals surface area contributed by atoms with Gasteiger partial charge in [0.15, 0.2) is 0 Å². The van der Waals surface area contributed by atoms with Crippen LogP contribution in [0.4, 0.5) is 5.69 Å². The van der Waals surface area contributed by atoms with Gasteiger partial charge in [-0.3, -0.25) is 0 Å². The van der Waals surface area contributed by atoms with Crippen molar-refractivity contribution in [1.29, 1.82) is 0 Å². The average molecular weight is 258 g/mol. The summed E-state index contributed by atoms with van der Waals surface area (Å²) in [6.07, 6.45) is 4.09. The SMILES string of the molecule is CC1Cc2ccccc2N(CCNC(C)C2CC2)C1. The van der Waals surface area contributed by atoms with Gasteiger partial charge in [0, 0.05) is 31.4 Å². The molecule has 1 fully saturated rings. The molecule has 0 bridgehead atoms. The van der Waals surface area contributed by atoms with Gasteiger partial charge in [-0.15, -0.1) is 0 Å². The molecular weight excluding hydrogens is 232 g/mol. The molecule has 104 valence electrons. The Balaban J connectivity index is 1.57. The van der Waals surface area contributed by atoms with E-state index in [9.17, 15) is 0 Å². The molecule has 2 nitrogen and oxygen atoms in total. The number of para-hydroxylation sites is 1. The normalized spacial score (nSPS) is 24.1. The van der Waals surface area contributed by atoms with Crippen LogP contribution in [0.25, 0.3) is 0 Å². The lowest BCUT2D eigenvalue weighted by molar-refractivity contribution is 0.479. The van der Waals surface area contributed by atoms with E-state index < -0.39 is 0 Å². The Kier molecular flexibility index (Phi) is 3.79. The molecule has 1 aliphatic carbocycles. The van der Waals surface area contributed by atoms with Crippen LogP contribution in [-0.2, 0) is 6.42 Å². The third-order valence-corrected chi connectivity index (χ3v) is 4.61. The minimum Gasteiger partial charge on any atom is -0.370 e. The van der Waals surface area contributed by atoms with E-state index in [4.69, 9.17) is 0 Å². The molecule has 3 rings (SSSR count). The maximum absolute atomic E-state index is 3.70. The molecule has 2 heteroatoms. The van der Waals surface area contributed by atoms with Gasteiger partial charge in [-0.25, -0.2) is 0 Å². The number of nitrogens with one attached hydrogen (secondary N) is 1. The number of hydrogen-bond acceptors (Lipinski definition) is 2. The molecule has 0 spiro atoms. The van der Waals surface area contributed by atoms with Crippen LogP contribution in [0.3, 0.4) is 0 Å². The summed E-state index contributed by atoms with van der Waals surface area (Å²) in [5.41, 5.74) is 2.98. The van der Waals surface area contributed by atoms with Gasteiger partial charge in [-0.1, -0.05) is 25.1 Å². The van der Waals surface area contributed by atoms with E-state index in [1.807, 2.05) is 0 Å². The number of benzene rings is 1. The zero-order chi connectivity index (χ0) is 13.2. The first-order chi connectivity index (χ1) is 9.24. The first-order valence-corrected chi connectivity index (χ1v) is 7.80. The average Bonchev–Trinajstić information content (AvgIpc) is 3.22. The first-order valence-electron chi connectivity index (χ1n) is 7.80. The molecule has 0 aromatic heterocycles. The van der Waals surface area contributed by atoms with Gasteiger partial charge in [0.1, 0.15) is 0 Å². The van der Waals surface area contributed by atoms with E-state index in [1.54, 1.807) is 0 Å². The van der Waals surface area contributed by atoms with Crippen molar-refractivity contribution < 1.29 is 0 Å². The van der Waals surface area contributed by atoms with E-state index in [-0.39, 0.29) is 0 Å². The van der Waals surface area contributed by atoms with E-state index in [0.29, 0.717) is 6.04 Å². The Morgan fingerprint density at radius 2 is 2.11 bits per heavy atom. The molecule has 0 amide bonds. The molecule has 2 aliphatic rings. The maximum atomic E-state index is 3.70. The van der Waals surface area contributed by atoms with Crippen molar-refractivity contribution >= 4 is 5.69 Å². The van der Waals surface area contributed by atoms with Crippen LogP contribution in [0.5, 0.6) is 0 Å². The largest absolute Gasteiger partial charge is 0.370 e. The summed E-state index contributed by atoms with van der Waals surface area (Å²) in [5.74, 6) is 1.73. The summed E-state index contributed by atoms with van der Waals surface area (Å²) in [5, 5.41) is 3.70. The maximum Gasteiger partial charge on any atom is 0.0399 e. The summed E-state index contributed by atoms with van der Waals surface area (Å²) >= 11 is 0. The number of fused-ring (bicyclic) bond motifs is 1. The van der Waals surface area contributed by atoms with Gasteiger partial charge in [0.25, 0.3) is 0 Å². The predicted octanol–water partition coefficient (Wildman–Crippen LogP) is 3.07. The van der Waals surface area contributed by atoms with Crippen LogP contribution in [0, 0.1) is 11.8 Å². The summed E-state index contributed by atoms with van der Waals surface area (Å²) in [7, 11) is 0. The minimum atomic E-state index is 0.706. The summed E-state index contributed by atoms with van der Waals surface area (Å²) < 4.78 is 0. The first kappa shape index (κ1) is 13.0. The Hall–Kier alpha value is -1.02. The molecule has 1 aromatic rings. The van der Waals surface area contributed by atoms with Gasteiger partial charge in [0.05, 0.1) is 0 Å². The van der Waals surface area contributed by atoms with Crippen LogP contribution in [0.2, 0.25) is 0 Å². The van der Waals surface area contributed by atoms with Crippen LogP contribution in [-0.4, -0.2) is 25.7 Å². The third-order valence-electron chi connectivity index (χ3n) is 4.61. The smallest absolute Gasteiger partial charge is 0.0399 e. The van der Waals surface area contributed by atoms with Crippen molar-refractivity contribution in [1.82, 2.24) is 5.32 Å². The Morgan fingerprint density at radius 1 is 1.32 bits per heavy atom. The third kappa shape index (κ3) is 3.11. The molecule has 1 saturated carbocycles. The molecule has 2 unspecified atom stereocenters. The lowest BCUT2D eigenvalue weighted by Gasteiger charge is -2.35. The molecule has 0 saturated heterocycles. The van der Waals surface area contributed by atoms with E-state index in [2.05, 4.69) is 48.3 Å². The van der Waals surface area contributed by atoms with Crippen molar-refractivity contribution in [3.63, 3.8) is 0 Å². The van der Waals surface area contributed by atoms with Crippen LogP contribution in [0.15, 0.2) is 24.3 Å². The highest BCUT2D eigenvalue weighted by atomic mass is 15.2. The molecule has 19 heavy (non-hydrogen) atoms. The highest BCUT2D eigenvalue weighted by Crippen LogP contribution is 2.32. The summed E-state index contributed by atoms with van der Waals surface area (Å²) in [6.45, 7) is 8.15. The molecule has 1 heterocycles. The highest BCUT2D eigenvalue weighted by Gasteiger charge is 2.27. The van der Waals surface area contributed by atoms with Gasteiger partial charge in [-0.2, -0.15) is 0 Å². The minimum absolute atomic E-state index is 0.706. The molecule has 0 radical (unpaired) electrons. The second-order valence-electron chi connectivity index (χ2n) is 6.46. The predicted molar refractivity (Wildman–Crippen MR) is 81.7 cm³/mol. The number of nitrogens with zero attached hydrogens (tertiary/aromatic N) is 1. The lowest BCUT2D eigenvalue weighted by atomic mass is 9.94. The van der Waals surface area contributed by atoms with Crippen molar-refractivity contribution in [2.75, 3.05) is 24.5 Å². The van der Waals surface area contributed by atoms with E-state index in [1.165, 1.54) is 37.1 Å². The molecule has 1 aliphatic heterocycles. The zero-order valence-corrected chi connectivity index (χ0v) is 12.2. The fraction of sp³-hybridized carbons (Fsp3) is 0.647. The van der Waals surface area contributed by atoms with Crippen LogP contribution < -0.4 is 10.2 Å². The molecular formula is C17H26N2. The number of rotatable bonds is 5. The van der Waals surface area contributed by atoms with Gasteiger partial charge < -0.3 is 10.2 Å². The molecule has 2 atom stereocenters. The van der Waals surface area contributed by atoms with E-state index >= 15 is 0 Å². The second-order valence-corrected chi connectivity index (χ2v) is 6.46. The monoisotopic (exact) mass is 258 g/mol. The fourth-order valence-electron chi connectivity index (χ4n) is 3.31. The highest BCUT2D eigenvalue weighted by molar-refractivity contribution is 5.55. The van der Waals surface area contributed by atoms with Crippen molar-refractivity contribution in [3.8, 4) is 0 Å². The van der Waals surface area contributed by atoms with Crippen LogP contribution in [0.1, 0.15) is 32.3 Å². The van der Waals surface area contributed by atoms with E-state index in [0.717, 1.165) is 24.9 Å². The standard InChI is InChI=1S/C17H26N2/c1-13-11-16-5-3-4-6-17(16)19(12-13)10-9-18-14(2)15-7-8-15/h3-6,13-15,18H,7-12H2,1-2H3. The van der Waals surface area contributed by atoms with Crippen LogP contribution >= 0.6 is 0 Å².